The normalized spacial score (nSPS) is 12.1. The third kappa shape index (κ3) is 6.95. The Balaban J connectivity index is 0.00000476. The zero-order chi connectivity index (χ0) is 41.5. The van der Waals surface area contributed by atoms with Crippen LogP contribution in [0.3, 0.4) is 0 Å². The zero-order valence-electron chi connectivity index (χ0n) is 35.4. The standard InChI is InChI=1S/C55H46N3O2.Pt/c1-33-26-27-56-50-44(33)31-39(55(5,6)7)32-45(50)36-28-35(34-14-9-8-10-15-34)29-37(30-36)53-57-51-43(49-47(59)25-24-42-41-16-11-12-19-48(41)60-52(42)49)17-13-18-46(51)58(53)40-22-20-38(21-23-40)54(2,3)4;/h8-29,31-32,59H,1-7H3;/q-1;. The molecule has 0 aliphatic carbocycles. The Morgan fingerprint density at radius 2 is 1.33 bits per heavy atom. The minimum Gasteiger partial charge on any atom is -0.507 e. The Morgan fingerprint density at radius 1 is 0.607 bits per heavy atom. The SMILES string of the molecule is Cc1ccnc2c(-c3[c-]c(-c4nc5c(-c6c(O)ccc7c6oc6ccccc67)cccc5n4-c4ccc(C(C)(C)C)cc4)cc(-c4ccccc4)c3)cc(C(C)(C)C)cc12.[Pt]. The molecule has 0 amide bonds. The Bertz CT molecular complexity index is 3290. The maximum Gasteiger partial charge on any atom is 0.147 e. The van der Waals surface area contributed by atoms with E-state index >= 15 is 0 Å². The van der Waals surface area contributed by atoms with Crippen LogP contribution in [0, 0.1) is 13.0 Å². The van der Waals surface area contributed by atoms with Crippen molar-refractivity contribution < 1.29 is 30.6 Å². The van der Waals surface area contributed by atoms with Gasteiger partial charge in [0.05, 0.1) is 22.4 Å². The molecule has 61 heavy (non-hydrogen) atoms. The van der Waals surface area contributed by atoms with Gasteiger partial charge in [-0.05, 0) is 87.9 Å². The number of imidazole rings is 1. The van der Waals surface area contributed by atoms with E-state index in [0.29, 0.717) is 11.1 Å². The third-order valence-electron chi connectivity index (χ3n) is 11.9. The second-order valence-corrected chi connectivity index (χ2v) is 18.0. The van der Waals surface area contributed by atoms with Gasteiger partial charge in [0.15, 0.2) is 0 Å². The van der Waals surface area contributed by atoms with E-state index in [0.717, 1.165) is 83.2 Å². The molecule has 0 saturated heterocycles. The van der Waals surface area contributed by atoms with E-state index in [9.17, 15) is 5.11 Å². The van der Waals surface area contributed by atoms with Crippen LogP contribution in [-0.4, -0.2) is 19.6 Å². The number of pyridine rings is 1. The topological polar surface area (TPSA) is 64.1 Å². The molecule has 7 aromatic carbocycles. The van der Waals surface area contributed by atoms with Crippen LogP contribution in [0.2, 0.25) is 0 Å². The molecule has 0 radical (unpaired) electrons. The number of nitrogens with zero attached hydrogens (tertiary/aromatic N) is 3. The predicted octanol–water partition coefficient (Wildman–Crippen LogP) is 14.5. The molecule has 0 aliphatic heterocycles. The fraction of sp³-hybridized carbons (Fsp3) is 0.164. The minimum absolute atomic E-state index is 0. The molecule has 3 aromatic heterocycles. The van der Waals surface area contributed by atoms with Crippen LogP contribution in [0.15, 0.2) is 150 Å². The summed E-state index contributed by atoms with van der Waals surface area (Å²) in [6.45, 7) is 15.6. The van der Waals surface area contributed by atoms with Crippen molar-refractivity contribution in [3.8, 4) is 56.2 Å². The molecule has 6 heteroatoms. The molecular weight excluding hydrogens is 930 g/mol. The first-order chi connectivity index (χ1) is 28.8. The zero-order valence-corrected chi connectivity index (χ0v) is 37.6. The first-order valence-corrected chi connectivity index (χ1v) is 20.6. The van der Waals surface area contributed by atoms with E-state index in [-0.39, 0.29) is 37.6 Å². The van der Waals surface area contributed by atoms with E-state index < -0.39 is 0 Å². The van der Waals surface area contributed by atoms with Gasteiger partial charge in [0, 0.05) is 54.8 Å². The monoisotopic (exact) mass is 975 g/mol. The van der Waals surface area contributed by atoms with Gasteiger partial charge in [-0.1, -0.05) is 143 Å². The summed E-state index contributed by atoms with van der Waals surface area (Å²) in [5.41, 5.74) is 14.8. The van der Waals surface area contributed by atoms with Crippen molar-refractivity contribution in [3.05, 3.63) is 168 Å². The number of rotatable bonds is 5. The second kappa shape index (κ2) is 15.0. The summed E-state index contributed by atoms with van der Waals surface area (Å²) in [6, 6.07) is 52.2. The van der Waals surface area contributed by atoms with Crippen molar-refractivity contribution >= 4 is 43.9 Å². The average Bonchev–Trinajstić information content (AvgIpc) is 3.82. The number of aryl methyl sites for hydroxylation is 1. The number of fused-ring (bicyclic) bond motifs is 5. The van der Waals surface area contributed by atoms with Crippen molar-refractivity contribution in [2.75, 3.05) is 0 Å². The van der Waals surface area contributed by atoms with Crippen LogP contribution in [0.1, 0.15) is 58.2 Å². The summed E-state index contributed by atoms with van der Waals surface area (Å²) in [5, 5.41) is 14.7. The fourth-order valence-corrected chi connectivity index (χ4v) is 8.55. The first-order valence-electron chi connectivity index (χ1n) is 20.6. The first kappa shape index (κ1) is 40.1. The van der Waals surface area contributed by atoms with Gasteiger partial charge < -0.3 is 14.1 Å². The van der Waals surface area contributed by atoms with Gasteiger partial charge in [-0.2, -0.15) is 0 Å². The molecule has 10 rings (SSSR count). The number of benzene rings is 7. The van der Waals surface area contributed by atoms with Crippen molar-refractivity contribution in [3.63, 3.8) is 0 Å². The molecule has 0 atom stereocenters. The van der Waals surface area contributed by atoms with Crippen LogP contribution in [-0.2, 0) is 31.9 Å². The quantitative estimate of drug-likeness (QED) is 0.175. The van der Waals surface area contributed by atoms with E-state index in [1.54, 1.807) is 6.07 Å². The molecule has 0 bridgehead atoms. The van der Waals surface area contributed by atoms with Gasteiger partial charge in [-0.3, -0.25) is 9.97 Å². The van der Waals surface area contributed by atoms with Crippen LogP contribution in [0.25, 0.3) is 94.3 Å². The average molecular weight is 976 g/mol. The fourth-order valence-electron chi connectivity index (χ4n) is 8.55. The van der Waals surface area contributed by atoms with Crippen molar-refractivity contribution in [2.45, 2.75) is 59.3 Å². The van der Waals surface area contributed by atoms with Gasteiger partial charge in [0.1, 0.15) is 16.9 Å². The summed E-state index contributed by atoms with van der Waals surface area (Å²) in [6.07, 6.45) is 1.90. The van der Waals surface area contributed by atoms with Gasteiger partial charge in [0.2, 0.25) is 0 Å². The summed E-state index contributed by atoms with van der Waals surface area (Å²) >= 11 is 0. The van der Waals surface area contributed by atoms with Crippen molar-refractivity contribution in [2.24, 2.45) is 0 Å². The summed E-state index contributed by atoms with van der Waals surface area (Å²) in [5.74, 6) is 0.865. The third-order valence-corrected chi connectivity index (χ3v) is 11.9. The Morgan fingerprint density at radius 3 is 2.08 bits per heavy atom. The smallest absolute Gasteiger partial charge is 0.147 e. The van der Waals surface area contributed by atoms with E-state index in [4.69, 9.17) is 14.4 Å². The number of hydrogen-bond acceptors (Lipinski definition) is 4. The maximum absolute atomic E-state index is 11.7. The summed E-state index contributed by atoms with van der Waals surface area (Å²) in [7, 11) is 0. The Hall–Kier alpha value is -6.29. The molecule has 0 unspecified atom stereocenters. The molecule has 0 spiro atoms. The number of phenols is 1. The number of para-hydroxylation sites is 2. The number of hydrogen-bond donors (Lipinski definition) is 1. The predicted molar refractivity (Wildman–Crippen MR) is 248 cm³/mol. The molecule has 0 aliphatic rings. The summed E-state index contributed by atoms with van der Waals surface area (Å²) in [4.78, 5) is 10.6. The molecule has 10 aromatic rings. The van der Waals surface area contributed by atoms with Gasteiger partial charge in [-0.25, -0.2) is 0 Å². The molecule has 5 nitrogen and oxygen atoms in total. The maximum atomic E-state index is 11.7. The van der Waals surface area contributed by atoms with E-state index in [1.165, 1.54) is 16.7 Å². The molecular formula is C55H46N3O2Pt-. The number of aromatic nitrogens is 3. The second-order valence-electron chi connectivity index (χ2n) is 18.0. The van der Waals surface area contributed by atoms with E-state index in [2.05, 4.69) is 150 Å². The summed E-state index contributed by atoms with van der Waals surface area (Å²) < 4.78 is 8.75. The van der Waals surface area contributed by atoms with Crippen molar-refractivity contribution in [1.29, 1.82) is 0 Å². The number of phenolic OH excluding ortho intramolecular Hbond substituents is 1. The van der Waals surface area contributed by atoms with Gasteiger partial charge in [0.25, 0.3) is 0 Å². The van der Waals surface area contributed by atoms with Crippen LogP contribution < -0.4 is 0 Å². The van der Waals surface area contributed by atoms with Crippen LogP contribution >= 0.6 is 0 Å². The largest absolute Gasteiger partial charge is 0.507 e. The molecule has 0 fully saturated rings. The minimum atomic E-state index is -0.0943. The molecule has 0 saturated carbocycles. The molecule has 1 N–H and O–H groups in total. The van der Waals surface area contributed by atoms with Gasteiger partial charge in [-0.15, -0.1) is 23.8 Å². The van der Waals surface area contributed by atoms with Gasteiger partial charge >= 0.3 is 0 Å². The van der Waals surface area contributed by atoms with Crippen molar-refractivity contribution in [1.82, 2.24) is 14.5 Å². The molecule has 304 valence electrons. The molecule has 3 heterocycles. The number of aromatic hydroxyl groups is 1. The Kier molecular flexibility index (Phi) is 9.87. The number of furan rings is 1. The Labute approximate surface area is 371 Å². The van der Waals surface area contributed by atoms with Crippen LogP contribution in [0.4, 0.5) is 0 Å². The van der Waals surface area contributed by atoms with E-state index in [1.807, 2.05) is 48.7 Å². The van der Waals surface area contributed by atoms with Crippen LogP contribution in [0.5, 0.6) is 5.75 Å².